The van der Waals surface area contributed by atoms with Crippen LogP contribution in [0, 0.1) is 5.92 Å². The first kappa shape index (κ1) is 24.1. The Bertz CT molecular complexity index is 948. The van der Waals surface area contributed by atoms with Crippen molar-refractivity contribution >= 4 is 43.0 Å². The summed E-state index contributed by atoms with van der Waals surface area (Å²) in [4.78, 5) is 33.3. The van der Waals surface area contributed by atoms with Gasteiger partial charge in [0.2, 0.25) is 5.95 Å². The number of nitrogen functional groups attached to an aromatic ring is 1. The first-order valence-electron chi connectivity index (χ1n) is 9.94. The van der Waals surface area contributed by atoms with Gasteiger partial charge in [-0.25, -0.2) is 10.1 Å². The number of ether oxygens (including phenoxy) is 1. The van der Waals surface area contributed by atoms with E-state index in [1.165, 1.54) is 0 Å². The van der Waals surface area contributed by atoms with Crippen molar-refractivity contribution < 1.29 is 18.6 Å². The summed E-state index contributed by atoms with van der Waals surface area (Å²) in [6.07, 6.45) is 1.83. The molecule has 4 atom stereocenters. The largest absolute Gasteiger partial charge is 0.369 e. The molecule has 3 heterocycles. The number of fused-ring (bicyclic) bond motifs is 1. The summed E-state index contributed by atoms with van der Waals surface area (Å²) in [6.45, 7) is 8.92. The minimum atomic E-state index is -1.34. The van der Waals surface area contributed by atoms with Crippen molar-refractivity contribution in [3.63, 3.8) is 0 Å². The van der Waals surface area contributed by atoms with E-state index >= 15 is 0 Å². The number of nitrogens with one attached hydrogen (secondary N) is 2. The van der Waals surface area contributed by atoms with E-state index in [1.807, 2.05) is 20.8 Å². The van der Waals surface area contributed by atoms with E-state index in [0.29, 0.717) is 24.6 Å². The molecule has 4 N–H and O–H groups in total. The molecule has 3 rings (SSSR count). The van der Waals surface area contributed by atoms with Crippen molar-refractivity contribution in [1.82, 2.24) is 24.6 Å². The van der Waals surface area contributed by atoms with Gasteiger partial charge >= 0.3 is 0 Å². The van der Waals surface area contributed by atoms with Crippen LogP contribution in [0.25, 0.3) is 11.2 Å². The molecule has 0 saturated carbocycles. The van der Waals surface area contributed by atoms with Gasteiger partial charge in [0, 0.05) is 17.2 Å². The fourth-order valence-corrected chi connectivity index (χ4v) is 4.95. The number of aromatic amines is 1. The number of nitrogens with zero attached hydrogens (tertiary/aromatic N) is 3. The Hall–Kier alpha value is -1.56. The first-order valence-corrected chi connectivity index (χ1v) is 12.2. The van der Waals surface area contributed by atoms with Gasteiger partial charge in [-0.3, -0.25) is 19.1 Å². The predicted molar refractivity (Wildman–Crippen MR) is 121 cm³/mol. The zero-order chi connectivity index (χ0) is 22.6. The number of imidazole rings is 1. The number of aromatic nitrogens is 4. The number of carbonyl (C=O) groups is 1. The second kappa shape index (κ2) is 10.4. The number of thioether (sulfide) groups is 1. The minimum Gasteiger partial charge on any atom is -0.369 e. The molecule has 4 unspecified atom stereocenters. The summed E-state index contributed by atoms with van der Waals surface area (Å²) in [7, 11) is -1.34. The van der Waals surface area contributed by atoms with E-state index in [0.717, 1.165) is 23.8 Å². The number of H-pyrrole nitrogens is 1. The van der Waals surface area contributed by atoms with Crippen LogP contribution in [-0.4, -0.2) is 55.7 Å². The lowest BCUT2D eigenvalue weighted by Gasteiger charge is -2.27. The van der Waals surface area contributed by atoms with Gasteiger partial charge in [-0.2, -0.15) is 4.98 Å². The Morgan fingerprint density at radius 1 is 1.48 bits per heavy atom. The second-order valence-corrected chi connectivity index (χ2v) is 10.5. The van der Waals surface area contributed by atoms with Crippen molar-refractivity contribution in [3.05, 3.63) is 16.7 Å². The van der Waals surface area contributed by atoms with Gasteiger partial charge in [-0.15, -0.1) is 0 Å². The maximum Gasteiger partial charge on any atom is 0.280 e. The Morgan fingerprint density at radius 2 is 2.26 bits per heavy atom. The van der Waals surface area contributed by atoms with E-state index in [4.69, 9.17) is 19.5 Å². The molecule has 0 radical (unpaired) electrons. The molecule has 0 aliphatic carbocycles. The van der Waals surface area contributed by atoms with E-state index in [2.05, 4.69) is 27.0 Å². The Balaban J connectivity index is 1.63. The molecular formula is C18H29N6O5PS. The number of hydrogen-bond donors (Lipinski definition) is 3. The fraction of sp³-hybridized carbons (Fsp3) is 0.667. The number of nitrogens with two attached hydrogens (primary N) is 1. The smallest absolute Gasteiger partial charge is 0.280 e. The number of carbonyl (C=O) groups excluding carboxylic acids is 1. The zero-order valence-electron chi connectivity index (χ0n) is 18.0. The average molecular weight is 473 g/mol. The molecule has 13 heteroatoms. The lowest BCUT2D eigenvalue weighted by Crippen LogP contribution is -2.33. The highest BCUT2D eigenvalue weighted by atomic mass is 32.2. The van der Waals surface area contributed by atoms with Crippen LogP contribution in [0.4, 0.5) is 5.95 Å². The van der Waals surface area contributed by atoms with Crippen molar-refractivity contribution in [2.75, 3.05) is 24.7 Å². The van der Waals surface area contributed by atoms with Crippen LogP contribution in [-0.2, 0) is 18.6 Å². The normalized spacial score (nSPS) is 22.8. The summed E-state index contributed by atoms with van der Waals surface area (Å²) in [5.74, 6) is 0.757. The number of rotatable bonds is 10. The van der Waals surface area contributed by atoms with Gasteiger partial charge < -0.3 is 19.5 Å². The van der Waals surface area contributed by atoms with Crippen molar-refractivity contribution in [2.24, 2.45) is 5.92 Å². The third-order valence-corrected chi connectivity index (χ3v) is 6.65. The summed E-state index contributed by atoms with van der Waals surface area (Å²) in [5, 5.41) is 3.33. The van der Waals surface area contributed by atoms with Crippen LogP contribution >= 0.6 is 20.3 Å². The molecule has 1 aliphatic heterocycles. The average Bonchev–Trinajstić information content (AvgIpc) is 3.25. The Kier molecular flexibility index (Phi) is 8.06. The zero-order valence-corrected chi connectivity index (χ0v) is 19.7. The summed E-state index contributed by atoms with van der Waals surface area (Å²) in [5.41, 5.74) is 6.55. The van der Waals surface area contributed by atoms with Crippen molar-refractivity contribution in [1.29, 1.82) is 0 Å². The monoisotopic (exact) mass is 472 g/mol. The SMILES string of the molecule is CC1CC(COP(NC(C)(C)C)OCCSC=O)OC1n1cnc2c(=O)[nH]c(N)nc21. The van der Waals surface area contributed by atoms with Gasteiger partial charge in [0.15, 0.2) is 16.8 Å². The summed E-state index contributed by atoms with van der Waals surface area (Å²) in [6, 6.07) is 0. The van der Waals surface area contributed by atoms with Crippen LogP contribution < -0.4 is 16.4 Å². The van der Waals surface area contributed by atoms with Gasteiger partial charge in [0.05, 0.1) is 25.6 Å². The molecule has 31 heavy (non-hydrogen) atoms. The Labute approximate surface area is 185 Å². The third kappa shape index (κ3) is 6.47. The summed E-state index contributed by atoms with van der Waals surface area (Å²) >= 11 is 1.16. The van der Waals surface area contributed by atoms with E-state index < -0.39 is 8.53 Å². The van der Waals surface area contributed by atoms with Gasteiger partial charge in [-0.1, -0.05) is 18.7 Å². The van der Waals surface area contributed by atoms with E-state index in [9.17, 15) is 9.59 Å². The molecule has 11 nitrogen and oxygen atoms in total. The highest BCUT2D eigenvalue weighted by Crippen LogP contribution is 2.40. The second-order valence-electron chi connectivity index (χ2n) is 8.35. The van der Waals surface area contributed by atoms with Gasteiger partial charge in [0.1, 0.15) is 6.23 Å². The van der Waals surface area contributed by atoms with Crippen LogP contribution in [0.2, 0.25) is 0 Å². The lowest BCUT2D eigenvalue weighted by atomic mass is 10.1. The first-order chi connectivity index (χ1) is 14.7. The molecule has 0 amide bonds. The van der Waals surface area contributed by atoms with Crippen molar-refractivity contribution in [2.45, 2.75) is 52.0 Å². The van der Waals surface area contributed by atoms with Crippen LogP contribution in [0.1, 0.15) is 40.3 Å². The molecule has 172 valence electrons. The quantitative estimate of drug-likeness (QED) is 0.267. The standard InChI is InChI=1S/C18H29N6O5PS/c1-11-7-12(8-28-30(23-18(2,3)4)27-5-6-31-10-25)29-16(11)24-9-20-13-14(24)21-17(19)22-15(13)26/h9-12,16,23H,5-8H2,1-4H3,(H3,19,21,22,26). The summed E-state index contributed by atoms with van der Waals surface area (Å²) < 4.78 is 19.8. The van der Waals surface area contributed by atoms with E-state index in [-0.39, 0.29) is 40.8 Å². The van der Waals surface area contributed by atoms with Crippen molar-refractivity contribution in [3.8, 4) is 0 Å². The maximum absolute atomic E-state index is 12.0. The molecule has 0 aromatic carbocycles. The highest BCUT2D eigenvalue weighted by molar-refractivity contribution is 8.11. The third-order valence-electron chi connectivity index (χ3n) is 4.46. The number of anilines is 1. The molecule has 1 saturated heterocycles. The fourth-order valence-electron chi connectivity index (χ4n) is 3.24. The maximum atomic E-state index is 12.0. The van der Waals surface area contributed by atoms with Crippen LogP contribution in [0.15, 0.2) is 11.1 Å². The molecule has 1 fully saturated rings. The van der Waals surface area contributed by atoms with Gasteiger partial charge in [0.25, 0.3) is 14.1 Å². The predicted octanol–water partition coefficient (Wildman–Crippen LogP) is 2.20. The molecule has 2 aromatic heterocycles. The molecule has 0 bridgehead atoms. The molecule has 1 aliphatic rings. The van der Waals surface area contributed by atoms with Gasteiger partial charge in [-0.05, 0) is 27.2 Å². The van der Waals surface area contributed by atoms with Crippen LogP contribution in [0.5, 0.6) is 0 Å². The molecule has 0 spiro atoms. The topological polar surface area (TPSA) is 146 Å². The minimum absolute atomic E-state index is 0.0357. The highest BCUT2D eigenvalue weighted by Gasteiger charge is 2.35. The lowest BCUT2D eigenvalue weighted by molar-refractivity contribution is -0.0259. The van der Waals surface area contributed by atoms with E-state index in [1.54, 1.807) is 10.9 Å². The molecule has 2 aromatic rings. The number of hydrogen-bond acceptors (Lipinski definition) is 10. The van der Waals surface area contributed by atoms with Crippen LogP contribution in [0.3, 0.4) is 0 Å². The molecular weight excluding hydrogens is 443 g/mol. The Morgan fingerprint density at radius 3 is 2.97 bits per heavy atom.